The first-order valence-corrected chi connectivity index (χ1v) is 14.4. The Morgan fingerprint density at radius 3 is 2.28 bits per heavy atom. The molecular weight excluding hydrogens is 572 g/mol. The molecule has 3 aliphatic carbocycles. The summed E-state index contributed by atoms with van der Waals surface area (Å²) >= 11 is 0. The van der Waals surface area contributed by atoms with Crippen molar-refractivity contribution in [2.45, 2.75) is 70.2 Å². The Kier molecular flexibility index (Phi) is 8.58. The minimum absolute atomic E-state index is 0.000436. The summed E-state index contributed by atoms with van der Waals surface area (Å²) in [4.78, 5) is 38.3. The molecule has 0 saturated heterocycles. The molecule has 0 aromatic heterocycles. The molecule has 0 heterocycles. The van der Waals surface area contributed by atoms with Crippen LogP contribution in [0.2, 0.25) is 0 Å². The van der Waals surface area contributed by atoms with Gasteiger partial charge in [0.05, 0.1) is 36.2 Å². The van der Waals surface area contributed by atoms with Crippen LogP contribution in [0, 0.1) is 36.4 Å². The topological polar surface area (TPSA) is 114 Å². The smallest absolute Gasteiger partial charge is 0.416 e. The lowest BCUT2D eigenvalue weighted by Crippen LogP contribution is -2.48. The Labute approximate surface area is 246 Å². The lowest BCUT2D eigenvalue weighted by atomic mass is 9.83. The van der Waals surface area contributed by atoms with E-state index in [9.17, 15) is 37.1 Å². The zero-order chi connectivity index (χ0) is 31.1. The summed E-state index contributed by atoms with van der Waals surface area (Å²) in [6.45, 7) is 1.51. The first-order chi connectivity index (χ1) is 20.3. The largest absolute Gasteiger partial charge is 0.496 e. The van der Waals surface area contributed by atoms with Crippen LogP contribution in [-0.2, 0) is 15.8 Å². The van der Waals surface area contributed by atoms with Crippen molar-refractivity contribution in [3.63, 3.8) is 0 Å². The van der Waals surface area contributed by atoms with Gasteiger partial charge in [-0.3, -0.25) is 14.4 Å². The van der Waals surface area contributed by atoms with Gasteiger partial charge in [-0.05, 0) is 93.5 Å². The minimum atomic E-state index is -4.57. The number of carbonyl (C=O) groups excluding carboxylic acids is 2. The summed E-state index contributed by atoms with van der Waals surface area (Å²) in [5.41, 5.74) is -0.477. The fourth-order valence-corrected chi connectivity index (χ4v) is 6.93. The molecule has 2 amide bonds. The van der Waals surface area contributed by atoms with Crippen LogP contribution in [0.25, 0.3) is 0 Å². The maximum Gasteiger partial charge on any atom is 0.416 e. The average Bonchev–Trinajstić information content (AvgIpc) is 3.55. The molecule has 0 aliphatic heterocycles. The molecular formula is C31H34F4N2O6. The number of hydrogen-bond acceptors (Lipinski definition) is 5. The van der Waals surface area contributed by atoms with Gasteiger partial charge < -0.3 is 25.2 Å². The molecule has 2 aromatic rings. The van der Waals surface area contributed by atoms with Crippen molar-refractivity contribution in [2.75, 3.05) is 12.4 Å². The number of anilines is 1. The number of methoxy groups -OCH3 is 1. The van der Waals surface area contributed by atoms with Crippen molar-refractivity contribution in [1.82, 2.24) is 5.32 Å². The molecule has 12 heteroatoms. The van der Waals surface area contributed by atoms with Gasteiger partial charge in [0.2, 0.25) is 5.91 Å². The van der Waals surface area contributed by atoms with Gasteiger partial charge >= 0.3 is 12.1 Å². The maximum absolute atomic E-state index is 14.9. The van der Waals surface area contributed by atoms with Crippen LogP contribution in [0.1, 0.15) is 66.4 Å². The number of alkyl halides is 3. The molecule has 3 N–H and O–H groups in total. The average molecular weight is 607 g/mol. The van der Waals surface area contributed by atoms with Crippen LogP contribution in [0.5, 0.6) is 11.5 Å². The third-order valence-corrected chi connectivity index (χ3v) is 9.00. The van der Waals surface area contributed by atoms with Gasteiger partial charge in [0.1, 0.15) is 5.75 Å². The number of carboxylic acid groups (broad SMARTS) is 1. The zero-order valence-electron chi connectivity index (χ0n) is 23.8. The highest BCUT2D eigenvalue weighted by Crippen LogP contribution is 2.49. The van der Waals surface area contributed by atoms with Crippen molar-refractivity contribution in [2.24, 2.45) is 23.7 Å². The SMILES string of the molecule is COc1cc(F)c(O[C@H]2CC[C@@H](C(=O)O)CC2)cc1C(=O)N[C@@H]1[C@H]2CC[C@H](C2)[C@@H]1C(=O)Nc1cc(C)cc(C(F)(F)F)c1. The molecule has 0 unspecified atom stereocenters. The van der Waals surface area contributed by atoms with E-state index in [4.69, 9.17) is 9.47 Å². The number of hydrogen-bond donors (Lipinski definition) is 3. The van der Waals surface area contributed by atoms with E-state index >= 15 is 0 Å². The number of carboxylic acids is 1. The van der Waals surface area contributed by atoms with Crippen LogP contribution in [0.4, 0.5) is 23.2 Å². The lowest BCUT2D eigenvalue weighted by molar-refractivity contribution is -0.143. The number of nitrogens with one attached hydrogen (secondary N) is 2. The molecule has 232 valence electrons. The second-order valence-electron chi connectivity index (χ2n) is 11.8. The van der Waals surface area contributed by atoms with Crippen LogP contribution in [-0.4, -0.2) is 42.1 Å². The number of halogens is 4. The Bertz CT molecular complexity index is 1410. The van der Waals surface area contributed by atoms with E-state index in [1.165, 1.54) is 26.2 Å². The Morgan fingerprint density at radius 2 is 1.63 bits per heavy atom. The summed E-state index contributed by atoms with van der Waals surface area (Å²) in [6, 6.07) is 5.08. The number of aliphatic carboxylic acids is 1. The normalized spacial score (nSPS) is 26.6. The van der Waals surface area contributed by atoms with Gasteiger partial charge in [0, 0.05) is 17.8 Å². The number of ether oxygens (including phenoxy) is 2. The molecule has 4 atom stereocenters. The molecule has 2 aromatic carbocycles. The van der Waals surface area contributed by atoms with Crippen molar-refractivity contribution < 1.29 is 46.5 Å². The van der Waals surface area contributed by atoms with Gasteiger partial charge in [0.25, 0.3) is 5.91 Å². The predicted octanol–water partition coefficient (Wildman–Crippen LogP) is 5.97. The standard InChI is InChI=1S/C31H34F4N2O6/c1-15-9-19(31(33,34)35)12-20(10-15)36-29(39)26-17-3-4-18(11-17)27(26)37-28(38)22-13-25(23(32)14-24(22)42-2)43-21-7-5-16(6-8-21)30(40)41/h9-10,12-14,16-18,21,26-27H,3-8,11H2,1-2H3,(H,36,39)(H,37,38)(H,40,41)/t16-,17-,18+,21+,26+,27-/m1/s1. The molecule has 3 fully saturated rings. The third kappa shape index (κ3) is 6.57. The number of aryl methyl sites for hydroxylation is 1. The quantitative estimate of drug-likeness (QED) is 0.319. The van der Waals surface area contributed by atoms with Crippen LogP contribution in [0.3, 0.4) is 0 Å². The number of fused-ring (bicyclic) bond motifs is 2. The number of carbonyl (C=O) groups is 3. The van der Waals surface area contributed by atoms with Gasteiger partial charge in [0.15, 0.2) is 11.6 Å². The molecule has 8 nitrogen and oxygen atoms in total. The first kappa shape index (κ1) is 30.6. The second-order valence-corrected chi connectivity index (χ2v) is 11.8. The molecule has 43 heavy (non-hydrogen) atoms. The number of benzene rings is 2. The van der Waals surface area contributed by atoms with Gasteiger partial charge in [-0.15, -0.1) is 0 Å². The van der Waals surface area contributed by atoms with E-state index in [2.05, 4.69) is 10.6 Å². The molecule has 5 rings (SSSR count). The van der Waals surface area contributed by atoms with Crippen LogP contribution < -0.4 is 20.1 Å². The molecule has 3 saturated carbocycles. The number of rotatable bonds is 8. The minimum Gasteiger partial charge on any atom is -0.496 e. The van der Waals surface area contributed by atoms with E-state index in [1.807, 2.05) is 0 Å². The van der Waals surface area contributed by atoms with E-state index in [1.54, 1.807) is 0 Å². The highest BCUT2D eigenvalue weighted by Gasteiger charge is 2.51. The molecule has 0 spiro atoms. The van der Waals surface area contributed by atoms with E-state index in [-0.39, 0.29) is 34.6 Å². The Morgan fingerprint density at radius 1 is 0.930 bits per heavy atom. The highest BCUT2D eigenvalue weighted by molar-refractivity contribution is 5.99. The summed E-state index contributed by atoms with van der Waals surface area (Å²) in [5.74, 6) is -4.03. The Balaban J connectivity index is 1.32. The van der Waals surface area contributed by atoms with E-state index in [0.29, 0.717) is 37.7 Å². The van der Waals surface area contributed by atoms with Crippen molar-refractivity contribution >= 4 is 23.5 Å². The first-order valence-electron chi connectivity index (χ1n) is 14.4. The maximum atomic E-state index is 14.9. The predicted molar refractivity (Wildman–Crippen MR) is 147 cm³/mol. The van der Waals surface area contributed by atoms with Crippen molar-refractivity contribution in [3.8, 4) is 11.5 Å². The van der Waals surface area contributed by atoms with Gasteiger partial charge in [-0.2, -0.15) is 13.2 Å². The number of amides is 2. The summed E-state index contributed by atoms with van der Waals surface area (Å²) < 4.78 is 66.1. The second kappa shape index (κ2) is 12.0. The molecule has 0 radical (unpaired) electrons. The van der Waals surface area contributed by atoms with E-state index < -0.39 is 59.3 Å². The van der Waals surface area contributed by atoms with Crippen LogP contribution >= 0.6 is 0 Å². The fourth-order valence-electron chi connectivity index (χ4n) is 6.93. The summed E-state index contributed by atoms with van der Waals surface area (Å²) in [6.07, 6.45) is -1.07. The third-order valence-electron chi connectivity index (χ3n) is 9.00. The van der Waals surface area contributed by atoms with Crippen molar-refractivity contribution in [1.29, 1.82) is 0 Å². The van der Waals surface area contributed by atoms with Crippen molar-refractivity contribution in [3.05, 3.63) is 52.8 Å². The van der Waals surface area contributed by atoms with E-state index in [0.717, 1.165) is 31.0 Å². The van der Waals surface area contributed by atoms with Gasteiger partial charge in [-0.25, -0.2) is 4.39 Å². The Hall–Kier alpha value is -3.83. The highest BCUT2D eigenvalue weighted by atomic mass is 19.4. The molecule has 2 bridgehead atoms. The zero-order valence-corrected chi connectivity index (χ0v) is 23.8. The van der Waals surface area contributed by atoms with Gasteiger partial charge in [-0.1, -0.05) is 0 Å². The molecule has 3 aliphatic rings. The van der Waals surface area contributed by atoms with Crippen LogP contribution in [0.15, 0.2) is 30.3 Å². The fraction of sp³-hybridized carbons (Fsp3) is 0.516. The summed E-state index contributed by atoms with van der Waals surface area (Å²) in [5, 5.41) is 14.8. The summed E-state index contributed by atoms with van der Waals surface area (Å²) in [7, 11) is 1.30. The monoisotopic (exact) mass is 606 g/mol. The lowest BCUT2D eigenvalue weighted by Gasteiger charge is -2.31.